The van der Waals surface area contributed by atoms with Crippen LogP contribution in [0.4, 0.5) is 0 Å². The minimum absolute atomic E-state index is 0.133. The van der Waals surface area contributed by atoms with Crippen molar-refractivity contribution in [3.8, 4) is 0 Å². The maximum Gasteiger partial charge on any atom is 0.321 e. The molecule has 5 nitrogen and oxygen atoms in total. The van der Waals surface area contributed by atoms with Crippen LogP contribution < -0.4 is 11.1 Å². The van der Waals surface area contributed by atoms with E-state index in [0.29, 0.717) is 0 Å². The van der Waals surface area contributed by atoms with Gasteiger partial charge in [0.1, 0.15) is 6.04 Å². The molecule has 0 saturated heterocycles. The zero-order valence-electron chi connectivity index (χ0n) is 6.62. The molecule has 1 amide bonds. The van der Waals surface area contributed by atoms with Gasteiger partial charge in [0.15, 0.2) is 0 Å². The smallest absolute Gasteiger partial charge is 0.321 e. The van der Waals surface area contributed by atoms with Gasteiger partial charge in [-0.25, -0.2) is 0 Å². The molecule has 0 aliphatic heterocycles. The highest BCUT2D eigenvalue weighted by Crippen LogP contribution is 2.18. The largest absolute Gasteiger partial charge is 0.480 e. The summed E-state index contributed by atoms with van der Waals surface area (Å²) in [6.07, 6.45) is 1.86. The average molecular weight is 172 g/mol. The first-order chi connectivity index (χ1) is 5.59. The minimum Gasteiger partial charge on any atom is -0.480 e. The van der Waals surface area contributed by atoms with Gasteiger partial charge in [-0.15, -0.1) is 0 Å². The van der Waals surface area contributed by atoms with E-state index >= 15 is 0 Å². The number of nitrogens with one attached hydrogen (secondary N) is 1. The fraction of sp³-hybridized carbons (Fsp3) is 0.714. The summed E-state index contributed by atoms with van der Waals surface area (Å²) >= 11 is 0. The van der Waals surface area contributed by atoms with Gasteiger partial charge in [0.25, 0.3) is 0 Å². The highest BCUT2D eigenvalue weighted by molar-refractivity contribution is 5.84. The van der Waals surface area contributed by atoms with E-state index in [1.165, 1.54) is 0 Å². The molecule has 4 N–H and O–H groups in total. The lowest BCUT2D eigenvalue weighted by molar-refractivity contribution is -0.140. The molecule has 1 aliphatic carbocycles. The van der Waals surface area contributed by atoms with Crippen LogP contribution in [0.5, 0.6) is 0 Å². The molecule has 1 atom stereocenters. The third-order valence-corrected chi connectivity index (χ3v) is 1.66. The first-order valence-corrected chi connectivity index (χ1v) is 3.87. The van der Waals surface area contributed by atoms with E-state index in [-0.39, 0.29) is 18.4 Å². The molecule has 0 spiro atoms. The van der Waals surface area contributed by atoms with Crippen molar-refractivity contribution in [1.82, 2.24) is 5.32 Å². The van der Waals surface area contributed by atoms with Crippen molar-refractivity contribution in [3.63, 3.8) is 0 Å². The molecular weight excluding hydrogens is 160 g/mol. The quantitative estimate of drug-likeness (QED) is 0.510. The predicted molar refractivity (Wildman–Crippen MR) is 41.4 cm³/mol. The molecule has 1 unspecified atom stereocenters. The number of carboxylic acid groups (broad SMARTS) is 1. The van der Waals surface area contributed by atoms with Gasteiger partial charge >= 0.3 is 5.97 Å². The number of carboxylic acids is 1. The van der Waals surface area contributed by atoms with Gasteiger partial charge in [0, 0.05) is 6.04 Å². The maximum atomic E-state index is 11.0. The van der Waals surface area contributed by atoms with E-state index in [1.807, 2.05) is 0 Å². The monoisotopic (exact) mass is 172 g/mol. The van der Waals surface area contributed by atoms with E-state index in [1.54, 1.807) is 0 Å². The van der Waals surface area contributed by atoms with Crippen LogP contribution in [-0.2, 0) is 9.59 Å². The molecule has 1 saturated carbocycles. The second kappa shape index (κ2) is 3.53. The lowest BCUT2D eigenvalue weighted by Crippen LogP contribution is -2.37. The van der Waals surface area contributed by atoms with Gasteiger partial charge in [0.05, 0.1) is 6.42 Å². The summed E-state index contributed by atoms with van der Waals surface area (Å²) < 4.78 is 0. The Kier molecular flexibility index (Phi) is 2.65. The van der Waals surface area contributed by atoms with Crippen molar-refractivity contribution in [2.45, 2.75) is 31.3 Å². The SMILES string of the molecule is NC(CC(=O)NC1CC1)C(=O)O. The molecule has 0 heterocycles. The summed E-state index contributed by atoms with van der Waals surface area (Å²) in [4.78, 5) is 21.2. The van der Waals surface area contributed by atoms with E-state index in [0.717, 1.165) is 12.8 Å². The second-order valence-corrected chi connectivity index (χ2v) is 2.99. The Hall–Kier alpha value is -1.10. The Morgan fingerprint density at radius 2 is 2.17 bits per heavy atom. The van der Waals surface area contributed by atoms with Crippen molar-refractivity contribution in [2.75, 3.05) is 0 Å². The van der Waals surface area contributed by atoms with Gasteiger partial charge in [0.2, 0.25) is 5.91 Å². The molecule has 0 aromatic carbocycles. The van der Waals surface area contributed by atoms with Crippen LogP contribution in [0.15, 0.2) is 0 Å². The van der Waals surface area contributed by atoms with Gasteiger partial charge in [-0.1, -0.05) is 0 Å². The molecule has 0 aromatic heterocycles. The zero-order valence-corrected chi connectivity index (χ0v) is 6.62. The zero-order chi connectivity index (χ0) is 9.14. The second-order valence-electron chi connectivity index (χ2n) is 2.99. The number of hydrogen-bond acceptors (Lipinski definition) is 3. The number of carbonyl (C=O) groups is 2. The highest BCUT2D eigenvalue weighted by Gasteiger charge is 2.25. The van der Waals surface area contributed by atoms with Gasteiger partial charge in [-0.3, -0.25) is 9.59 Å². The molecule has 1 fully saturated rings. The molecule has 12 heavy (non-hydrogen) atoms. The van der Waals surface area contributed by atoms with Crippen molar-refractivity contribution in [1.29, 1.82) is 0 Å². The first kappa shape index (κ1) is 8.99. The number of carbonyl (C=O) groups excluding carboxylic acids is 1. The number of rotatable bonds is 4. The maximum absolute atomic E-state index is 11.0. The topological polar surface area (TPSA) is 92.4 Å². The van der Waals surface area contributed by atoms with Crippen LogP contribution in [0.2, 0.25) is 0 Å². The van der Waals surface area contributed by atoms with Crippen molar-refractivity contribution < 1.29 is 14.7 Å². The Morgan fingerprint density at radius 3 is 2.58 bits per heavy atom. The normalized spacial score (nSPS) is 18.4. The van der Waals surface area contributed by atoms with E-state index < -0.39 is 12.0 Å². The standard InChI is InChI=1S/C7H12N2O3/c8-5(7(11)12)3-6(10)9-4-1-2-4/h4-5H,1-3,8H2,(H,9,10)(H,11,12). The van der Waals surface area contributed by atoms with Crippen LogP contribution >= 0.6 is 0 Å². The summed E-state index contributed by atoms with van der Waals surface area (Å²) in [7, 11) is 0. The third kappa shape index (κ3) is 2.87. The number of aliphatic carboxylic acids is 1. The van der Waals surface area contributed by atoms with Gasteiger partial charge in [-0.05, 0) is 12.8 Å². The highest BCUT2D eigenvalue weighted by atomic mass is 16.4. The lowest BCUT2D eigenvalue weighted by Gasteiger charge is -2.05. The first-order valence-electron chi connectivity index (χ1n) is 3.87. The molecule has 0 bridgehead atoms. The summed E-state index contributed by atoms with van der Waals surface area (Å²) in [6, 6.07) is -0.817. The number of hydrogen-bond donors (Lipinski definition) is 3. The van der Waals surface area contributed by atoms with E-state index in [2.05, 4.69) is 5.32 Å². The van der Waals surface area contributed by atoms with Crippen molar-refractivity contribution in [2.24, 2.45) is 5.73 Å². The fourth-order valence-corrected chi connectivity index (χ4v) is 0.801. The van der Waals surface area contributed by atoms with Gasteiger partial charge < -0.3 is 16.2 Å². The van der Waals surface area contributed by atoms with Gasteiger partial charge in [-0.2, -0.15) is 0 Å². The molecule has 1 aliphatic rings. The van der Waals surface area contributed by atoms with E-state index in [4.69, 9.17) is 10.8 Å². The predicted octanol–water partition coefficient (Wildman–Crippen LogP) is -0.933. The Bertz CT molecular complexity index is 201. The Morgan fingerprint density at radius 1 is 1.58 bits per heavy atom. The number of nitrogens with two attached hydrogens (primary N) is 1. The number of amides is 1. The van der Waals surface area contributed by atoms with E-state index in [9.17, 15) is 9.59 Å². The Labute approximate surface area is 69.9 Å². The Balaban J connectivity index is 2.19. The van der Waals surface area contributed by atoms with Crippen LogP contribution in [0.3, 0.4) is 0 Å². The van der Waals surface area contributed by atoms with Crippen molar-refractivity contribution >= 4 is 11.9 Å². The summed E-state index contributed by atoms with van der Waals surface area (Å²) in [6.45, 7) is 0. The van der Waals surface area contributed by atoms with Crippen LogP contribution in [0.1, 0.15) is 19.3 Å². The summed E-state index contributed by atoms with van der Waals surface area (Å²) in [5, 5.41) is 11.0. The molecule has 0 aromatic rings. The third-order valence-electron chi connectivity index (χ3n) is 1.66. The molecular formula is C7H12N2O3. The molecule has 5 heteroatoms. The lowest BCUT2D eigenvalue weighted by atomic mass is 10.2. The fourth-order valence-electron chi connectivity index (χ4n) is 0.801. The summed E-state index contributed by atoms with van der Waals surface area (Å²) in [5.41, 5.74) is 5.15. The average Bonchev–Trinajstić information content (AvgIpc) is 2.71. The van der Waals surface area contributed by atoms with Crippen molar-refractivity contribution in [3.05, 3.63) is 0 Å². The van der Waals surface area contributed by atoms with Crippen LogP contribution in [0, 0.1) is 0 Å². The van der Waals surface area contributed by atoms with Crippen LogP contribution in [-0.4, -0.2) is 29.1 Å². The molecule has 1 rings (SSSR count). The summed E-state index contributed by atoms with van der Waals surface area (Å²) in [5.74, 6) is -1.41. The molecule has 68 valence electrons. The molecule has 0 radical (unpaired) electrons. The van der Waals surface area contributed by atoms with Crippen LogP contribution in [0.25, 0.3) is 0 Å². The minimum atomic E-state index is -1.14.